The molecule has 0 fully saturated rings. The molecular weight excluding hydrogens is 256 g/mol. The van der Waals surface area contributed by atoms with Crippen LogP contribution >= 0.6 is 0 Å². The molecule has 19 heavy (non-hydrogen) atoms. The molecule has 0 aromatic heterocycles. The van der Waals surface area contributed by atoms with Gasteiger partial charge in [0.05, 0.1) is 16.9 Å². The number of nitro groups is 1. The molecule has 3 N–H and O–H groups in total. The van der Waals surface area contributed by atoms with Crippen molar-refractivity contribution in [3.8, 4) is 11.5 Å². The van der Waals surface area contributed by atoms with E-state index in [-0.39, 0.29) is 30.2 Å². The zero-order valence-electron chi connectivity index (χ0n) is 9.87. The third-order valence-corrected chi connectivity index (χ3v) is 2.70. The van der Waals surface area contributed by atoms with E-state index in [9.17, 15) is 14.9 Å². The maximum atomic E-state index is 10.9. The van der Waals surface area contributed by atoms with Gasteiger partial charge in [0, 0.05) is 12.6 Å². The van der Waals surface area contributed by atoms with E-state index >= 15 is 0 Å². The van der Waals surface area contributed by atoms with E-state index in [1.54, 1.807) is 0 Å². The maximum absolute atomic E-state index is 10.9. The molecule has 102 valence electrons. The molecule has 0 spiro atoms. The van der Waals surface area contributed by atoms with Gasteiger partial charge >= 0.3 is 5.97 Å². The summed E-state index contributed by atoms with van der Waals surface area (Å²) in [6.45, 7) is 0.405. The second kappa shape index (κ2) is 5.11. The number of fused-ring (bicyclic) bond motifs is 1. The highest BCUT2D eigenvalue weighted by atomic mass is 16.6. The van der Waals surface area contributed by atoms with Crippen LogP contribution in [0.5, 0.6) is 11.5 Å². The molecule has 0 saturated heterocycles. The average Bonchev–Trinajstić information content (AvgIpc) is 2.37. The van der Waals surface area contributed by atoms with Crippen molar-refractivity contribution in [2.75, 3.05) is 13.2 Å². The van der Waals surface area contributed by atoms with Gasteiger partial charge in [-0.1, -0.05) is 0 Å². The van der Waals surface area contributed by atoms with Gasteiger partial charge in [-0.25, -0.2) is 0 Å². The molecule has 8 nitrogen and oxygen atoms in total. The zero-order chi connectivity index (χ0) is 14.0. The largest absolute Gasteiger partial charge is 0.486 e. The molecule has 1 aromatic carbocycles. The van der Waals surface area contributed by atoms with Crippen LogP contribution < -0.4 is 15.2 Å². The van der Waals surface area contributed by atoms with Gasteiger partial charge in [-0.2, -0.15) is 0 Å². The second-order valence-corrected chi connectivity index (χ2v) is 4.00. The van der Waals surface area contributed by atoms with Crippen LogP contribution in [0.1, 0.15) is 5.56 Å². The van der Waals surface area contributed by atoms with Crippen molar-refractivity contribution >= 4 is 11.7 Å². The van der Waals surface area contributed by atoms with Gasteiger partial charge in [0.15, 0.2) is 11.5 Å². The Bertz CT molecular complexity index is 530. The average molecular weight is 268 g/mol. The van der Waals surface area contributed by atoms with E-state index in [1.165, 1.54) is 12.1 Å². The van der Waals surface area contributed by atoms with Crippen molar-refractivity contribution in [2.24, 2.45) is 5.73 Å². The topological polar surface area (TPSA) is 125 Å². The first-order valence-corrected chi connectivity index (χ1v) is 5.54. The number of rotatable bonds is 4. The van der Waals surface area contributed by atoms with Crippen LogP contribution in [0, 0.1) is 10.1 Å². The lowest BCUT2D eigenvalue weighted by atomic mass is 10.1. The number of ether oxygens (including phenoxy) is 2. The zero-order valence-corrected chi connectivity index (χ0v) is 9.87. The Hall–Kier alpha value is -2.35. The van der Waals surface area contributed by atoms with Crippen LogP contribution in [0.3, 0.4) is 0 Å². The highest BCUT2D eigenvalue weighted by molar-refractivity contribution is 5.75. The van der Waals surface area contributed by atoms with Gasteiger partial charge in [-0.05, 0) is 6.07 Å². The standard InChI is InChI=1S/C11H12N2O6/c12-4-6-5-18-9-2-1-8(13(16)17)7(3-10(14)15)11(9)19-6/h1-2,6H,3-5,12H2,(H,14,15)/t6-/m0/s1. The van der Waals surface area contributed by atoms with Gasteiger partial charge in [-0.15, -0.1) is 0 Å². The molecule has 0 bridgehead atoms. The number of aliphatic carboxylic acids is 1. The van der Waals surface area contributed by atoms with E-state index < -0.39 is 23.4 Å². The highest BCUT2D eigenvalue weighted by Gasteiger charge is 2.29. The molecule has 1 aromatic rings. The van der Waals surface area contributed by atoms with Crippen molar-refractivity contribution in [1.29, 1.82) is 0 Å². The monoisotopic (exact) mass is 268 g/mol. The van der Waals surface area contributed by atoms with Crippen molar-refractivity contribution in [1.82, 2.24) is 0 Å². The number of nitrogens with zero attached hydrogens (tertiary/aromatic N) is 1. The van der Waals surface area contributed by atoms with Crippen LogP contribution in [0.2, 0.25) is 0 Å². The number of hydrogen-bond acceptors (Lipinski definition) is 6. The van der Waals surface area contributed by atoms with Crippen LogP contribution in [0.15, 0.2) is 12.1 Å². The van der Waals surface area contributed by atoms with E-state index in [0.717, 1.165) is 0 Å². The summed E-state index contributed by atoms with van der Waals surface area (Å²) >= 11 is 0. The molecule has 8 heteroatoms. The SMILES string of the molecule is NC[C@H]1COc2ccc([N+](=O)[O-])c(CC(=O)O)c2O1. The summed E-state index contributed by atoms with van der Waals surface area (Å²) in [4.78, 5) is 21.1. The lowest BCUT2D eigenvalue weighted by Gasteiger charge is -2.26. The van der Waals surface area contributed by atoms with Crippen molar-refractivity contribution < 1.29 is 24.3 Å². The number of carboxylic acids is 1. The first-order valence-electron chi connectivity index (χ1n) is 5.54. The van der Waals surface area contributed by atoms with Crippen LogP contribution in [-0.4, -0.2) is 35.3 Å². The Morgan fingerprint density at radius 1 is 1.58 bits per heavy atom. The van der Waals surface area contributed by atoms with E-state index in [2.05, 4.69) is 0 Å². The third-order valence-electron chi connectivity index (χ3n) is 2.70. The first kappa shape index (κ1) is 13.1. The fourth-order valence-corrected chi connectivity index (χ4v) is 1.83. The quantitative estimate of drug-likeness (QED) is 0.595. The first-order chi connectivity index (χ1) is 9.02. The van der Waals surface area contributed by atoms with Crippen LogP contribution in [0.4, 0.5) is 5.69 Å². The van der Waals surface area contributed by atoms with Crippen molar-refractivity contribution in [2.45, 2.75) is 12.5 Å². The molecule has 1 aliphatic rings. The second-order valence-electron chi connectivity index (χ2n) is 4.00. The van der Waals surface area contributed by atoms with Gasteiger partial charge in [0.2, 0.25) is 0 Å². The summed E-state index contributed by atoms with van der Waals surface area (Å²) in [5.74, 6) is -0.792. The molecule has 1 aliphatic heterocycles. The molecule has 0 aliphatic carbocycles. The number of carboxylic acid groups (broad SMARTS) is 1. The lowest BCUT2D eigenvalue weighted by Crippen LogP contribution is -2.36. The number of nitro benzene ring substituents is 1. The Morgan fingerprint density at radius 2 is 2.32 bits per heavy atom. The summed E-state index contributed by atoms with van der Waals surface area (Å²) in [6.07, 6.45) is -0.956. The predicted octanol–water partition coefficient (Wildman–Crippen LogP) is 0.320. The molecule has 0 unspecified atom stereocenters. The molecule has 0 saturated carbocycles. The Labute approximate surface area is 107 Å². The van der Waals surface area contributed by atoms with Gasteiger partial charge in [0.25, 0.3) is 5.69 Å². The Morgan fingerprint density at radius 3 is 2.89 bits per heavy atom. The summed E-state index contributed by atoms with van der Waals surface area (Å²) < 4.78 is 10.8. The maximum Gasteiger partial charge on any atom is 0.308 e. The summed E-state index contributed by atoms with van der Waals surface area (Å²) in [5.41, 5.74) is 5.14. The number of carbonyl (C=O) groups is 1. The van der Waals surface area contributed by atoms with E-state index in [1.807, 2.05) is 0 Å². The summed E-state index contributed by atoms with van der Waals surface area (Å²) in [5, 5.41) is 19.8. The predicted molar refractivity (Wildman–Crippen MR) is 63.4 cm³/mol. The Kier molecular flexibility index (Phi) is 3.52. The number of benzene rings is 1. The third kappa shape index (κ3) is 2.58. The summed E-state index contributed by atoms with van der Waals surface area (Å²) in [6, 6.07) is 2.61. The van der Waals surface area contributed by atoms with E-state index in [0.29, 0.717) is 5.75 Å². The Balaban J connectivity index is 2.51. The highest BCUT2D eigenvalue weighted by Crippen LogP contribution is 2.40. The fourth-order valence-electron chi connectivity index (χ4n) is 1.83. The summed E-state index contributed by atoms with van der Waals surface area (Å²) in [7, 11) is 0. The normalized spacial score (nSPS) is 17.0. The minimum absolute atomic E-state index is 0.00634. The molecule has 0 amide bonds. The van der Waals surface area contributed by atoms with Crippen molar-refractivity contribution in [3.05, 3.63) is 27.8 Å². The smallest absolute Gasteiger partial charge is 0.308 e. The fraction of sp³-hybridized carbons (Fsp3) is 0.364. The van der Waals surface area contributed by atoms with Gasteiger partial charge in [-0.3, -0.25) is 14.9 Å². The van der Waals surface area contributed by atoms with Crippen LogP contribution in [0.25, 0.3) is 0 Å². The molecule has 1 atom stereocenters. The van der Waals surface area contributed by atoms with E-state index in [4.69, 9.17) is 20.3 Å². The number of nitrogens with two attached hydrogens (primary N) is 1. The minimum atomic E-state index is -1.19. The lowest BCUT2D eigenvalue weighted by molar-refractivity contribution is -0.385. The van der Waals surface area contributed by atoms with Gasteiger partial charge in [0.1, 0.15) is 12.7 Å². The van der Waals surface area contributed by atoms with Crippen molar-refractivity contribution in [3.63, 3.8) is 0 Å². The molecule has 0 radical (unpaired) electrons. The van der Waals surface area contributed by atoms with Gasteiger partial charge < -0.3 is 20.3 Å². The van der Waals surface area contributed by atoms with Crippen LogP contribution in [-0.2, 0) is 11.2 Å². The molecular formula is C11H12N2O6. The molecule has 1 heterocycles. The minimum Gasteiger partial charge on any atom is -0.486 e. The number of hydrogen-bond donors (Lipinski definition) is 2. The molecule has 2 rings (SSSR count).